The van der Waals surface area contributed by atoms with Gasteiger partial charge in [0.2, 0.25) is 0 Å². The predicted octanol–water partition coefficient (Wildman–Crippen LogP) is 2.43. The van der Waals surface area contributed by atoms with Gasteiger partial charge in [0, 0.05) is 17.1 Å². The number of carbonyl (C=O) groups is 1. The number of nitrogens with zero attached hydrogens (tertiary/aromatic N) is 2. The van der Waals surface area contributed by atoms with E-state index in [1.54, 1.807) is 30.5 Å². The molecule has 0 saturated heterocycles. The lowest BCUT2D eigenvalue weighted by Crippen LogP contribution is -2.14. The van der Waals surface area contributed by atoms with E-state index in [0.29, 0.717) is 22.0 Å². The minimum atomic E-state index is -0.492. The number of benzene rings is 1. The number of rotatable bonds is 4. The number of hydrogen-bond donors (Lipinski definition) is 0. The Bertz CT molecular complexity index is 929. The minimum Gasteiger partial charge on any atom is -0.497 e. The Hall–Kier alpha value is -2.67. The third-order valence-corrected chi connectivity index (χ3v) is 4.09. The summed E-state index contributed by atoms with van der Waals surface area (Å²) in [6.07, 6.45) is 1.74. The van der Waals surface area contributed by atoms with Gasteiger partial charge in [0.1, 0.15) is 12.4 Å². The van der Waals surface area contributed by atoms with Crippen LogP contribution in [-0.4, -0.2) is 22.5 Å². The van der Waals surface area contributed by atoms with Gasteiger partial charge in [-0.2, -0.15) is 0 Å². The van der Waals surface area contributed by atoms with Crippen LogP contribution in [0.25, 0.3) is 4.96 Å². The maximum absolute atomic E-state index is 12.1. The van der Waals surface area contributed by atoms with E-state index < -0.39 is 5.97 Å². The fourth-order valence-electron chi connectivity index (χ4n) is 2.11. The molecule has 2 heterocycles. The van der Waals surface area contributed by atoms with Gasteiger partial charge in [-0.1, -0.05) is 6.07 Å². The SMILES string of the molecule is COc1cccc(C(=O)OCc2cc(=O)n3cc(C)sc3n2)c1. The molecular weight excluding hydrogens is 316 g/mol. The van der Waals surface area contributed by atoms with Crippen LogP contribution in [0.1, 0.15) is 20.9 Å². The van der Waals surface area contributed by atoms with E-state index in [-0.39, 0.29) is 12.2 Å². The van der Waals surface area contributed by atoms with E-state index in [4.69, 9.17) is 9.47 Å². The molecule has 0 spiro atoms. The number of hydrogen-bond acceptors (Lipinski definition) is 6. The van der Waals surface area contributed by atoms with Crippen molar-refractivity contribution in [1.29, 1.82) is 0 Å². The van der Waals surface area contributed by atoms with Gasteiger partial charge >= 0.3 is 5.97 Å². The smallest absolute Gasteiger partial charge is 0.338 e. The van der Waals surface area contributed by atoms with E-state index in [1.165, 1.54) is 28.9 Å². The number of ether oxygens (including phenoxy) is 2. The summed E-state index contributed by atoms with van der Waals surface area (Å²) in [7, 11) is 1.53. The van der Waals surface area contributed by atoms with E-state index in [0.717, 1.165) is 4.88 Å². The number of esters is 1. The third-order valence-electron chi connectivity index (χ3n) is 3.19. The van der Waals surface area contributed by atoms with Crippen molar-refractivity contribution in [3.05, 3.63) is 63.0 Å². The molecular formula is C16H14N2O4S. The lowest BCUT2D eigenvalue weighted by atomic mass is 10.2. The molecule has 3 rings (SSSR count). The summed E-state index contributed by atoms with van der Waals surface area (Å²) in [5, 5.41) is 0. The highest BCUT2D eigenvalue weighted by molar-refractivity contribution is 7.16. The van der Waals surface area contributed by atoms with Crippen LogP contribution in [0.2, 0.25) is 0 Å². The van der Waals surface area contributed by atoms with Crippen molar-refractivity contribution in [2.24, 2.45) is 0 Å². The fraction of sp³-hybridized carbons (Fsp3) is 0.188. The van der Waals surface area contributed by atoms with Gasteiger partial charge in [-0.3, -0.25) is 9.20 Å². The van der Waals surface area contributed by atoms with Crippen molar-refractivity contribution < 1.29 is 14.3 Å². The average Bonchev–Trinajstić information content (AvgIpc) is 2.93. The lowest BCUT2D eigenvalue weighted by Gasteiger charge is -2.06. The number of aryl methyl sites for hydroxylation is 1. The predicted molar refractivity (Wildman–Crippen MR) is 86.2 cm³/mol. The topological polar surface area (TPSA) is 69.9 Å². The fourth-order valence-corrected chi connectivity index (χ4v) is 2.96. The van der Waals surface area contributed by atoms with Crippen LogP contribution >= 0.6 is 11.3 Å². The molecule has 0 radical (unpaired) electrons. The molecule has 0 N–H and O–H groups in total. The Labute approximate surface area is 135 Å². The zero-order valence-corrected chi connectivity index (χ0v) is 13.4. The van der Waals surface area contributed by atoms with Gasteiger partial charge in [0.15, 0.2) is 4.96 Å². The van der Waals surface area contributed by atoms with Gasteiger partial charge in [-0.25, -0.2) is 9.78 Å². The summed E-state index contributed by atoms with van der Waals surface area (Å²) in [4.78, 5) is 29.9. The molecule has 0 unspecified atom stereocenters. The molecule has 118 valence electrons. The van der Waals surface area contributed by atoms with Crippen molar-refractivity contribution in [3.8, 4) is 5.75 Å². The van der Waals surface area contributed by atoms with Crippen LogP contribution in [0.4, 0.5) is 0 Å². The monoisotopic (exact) mass is 330 g/mol. The van der Waals surface area contributed by atoms with Crippen molar-refractivity contribution in [2.75, 3.05) is 7.11 Å². The molecule has 0 saturated carbocycles. The Balaban J connectivity index is 1.77. The molecule has 0 aliphatic heterocycles. The van der Waals surface area contributed by atoms with Gasteiger partial charge in [-0.15, -0.1) is 11.3 Å². The van der Waals surface area contributed by atoms with E-state index in [9.17, 15) is 9.59 Å². The second-order valence-electron chi connectivity index (χ2n) is 4.89. The van der Waals surface area contributed by atoms with Crippen molar-refractivity contribution in [1.82, 2.24) is 9.38 Å². The second-order valence-corrected chi connectivity index (χ2v) is 6.10. The summed E-state index contributed by atoms with van der Waals surface area (Å²) in [6, 6.07) is 8.06. The maximum Gasteiger partial charge on any atom is 0.338 e. The third kappa shape index (κ3) is 3.24. The Kier molecular flexibility index (Phi) is 4.12. The van der Waals surface area contributed by atoms with Crippen LogP contribution in [-0.2, 0) is 11.3 Å². The molecule has 0 aliphatic carbocycles. The molecule has 3 aromatic rings. The highest BCUT2D eigenvalue weighted by atomic mass is 32.1. The number of fused-ring (bicyclic) bond motifs is 1. The van der Waals surface area contributed by atoms with Gasteiger partial charge in [-0.05, 0) is 25.1 Å². The summed E-state index contributed by atoms with van der Waals surface area (Å²) in [6.45, 7) is 1.85. The molecule has 6 nitrogen and oxygen atoms in total. The number of carbonyl (C=O) groups excluding carboxylic acids is 1. The van der Waals surface area contributed by atoms with Crippen LogP contribution in [0, 0.1) is 6.92 Å². The van der Waals surface area contributed by atoms with E-state index in [1.807, 2.05) is 6.92 Å². The molecule has 0 atom stereocenters. The highest BCUT2D eigenvalue weighted by Gasteiger charge is 2.11. The van der Waals surface area contributed by atoms with Crippen molar-refractivity contribution in [2.45, 2.75) is 13.5 Å². The molecule has 7 heteroatoms. The zero-order valence-electron chi connectivity index (χ0n) is 12.6. The van der Waals surface area contributed by atoms with Crippen molar-refractivity contribution in [3.63, 3.8) is 0 Å². The van der Waals surface area contributed by atoms with Gasteiger partial charge in [0.05, 0.1) is 18.4 Å². The molecule has 0 fully saturated rings. The molecule has 2 aromatic heterocycles. The highest BCUT2D eigenvalue weighted by Crippen LogP contribution is 2.15. The lowest BCUT2D eigenvalue weighted by molar-refractivity contribution is 0.0467. The average molecular weight is 330 g/mol. The summed E-state index contributed by atoms with van der Waals surface area (Å²) < 4.78 is 11.8. The molecule has 0 amide bonds. The van der Waals surface area contributed by atoms with Crippen LogP contribution < -0.4 is 10.3 Å². The van der Waals surface area contributed by atoms with Crippen LogP contribution in [0.5, 0.6) is 5.75 Å². The number of thiazole rings is 1. The van der Waals surface area contributed by atoms with Gasteiger partial charge < -0.3 is 9.47 Å². The second kappa shape index (κ2) is 6.21. The number of aromatic nitrogens is 2. The Morgan fingerprint density at radius 2 is 2.17 bits per heavy atom. The molecule has 0 bridgehead atoms. The normalized spacial score (nSPS) is 10.7. The summed E-state index contributed by atoms with van der Waals surface area (Å²) in [5.74, 6) is 0.0829. The van der Waals surface area contributed by atoms with E-state index >= 15 is 0 Å². The quantitative estimate of drug-likeness (QED) is 0.687. The standard InChI is InChI=1S/C16H14N2O4S/c1-10-8-18-14(19)7-12(17-16(18)23-10)9-22-15(20)11-4-3-5-13(6-11)21-2/h3-8H,9H2,1-2H3. The Morgan fingerprint density at radius 1 is 1.35 bits per heavy atom. The molecule has 1 aromatic carbocycles. The number of methoxy groups -OCH3 is 1. The largest absolute Gasteiger partial charge is 0.497 e. The van der Waals surface area contributed by atoms with Crippen molar-refractivity contribution >= 4 is 22.3 Å². The summed E-state index contributed by atoms with van der Waals surface area (Å²) >= 11 is 1.41. The first-order valence-electron chi connectivity index (χ1n) is 6.87. The van der Waals surface area contributed by atoms with Gasteiger partial charge in [0.25, 0.3) is 5.56 Å². The first-order valence-corrected chi connectivity index (χ1v) is 7.68. The Morgan fingerprint density at radius 3 is 2.96 bits per heavy atom. The summed E-state index contributed by atoms with van der Waals surface area (Å²) in [5.41, 5.74) is 0.619. The van der Waals surface area contributed by atoms with Crippen LogP contribution in [0.3, 0.4) is 0 Å². The van der Waals surface area contributed by atoms with Crippen LogP contribution in [0.15, 0.2) is 41.3 Å². The first-order chi connectivity index (χ1) is 11.1. The maximum atomic E-state index is 12.1. The first kappa shape index (κ1) is 15.2. The van der Waals surface area contributed by atoms with E-state index in [2.05, 4.69) is 4.98 Å². The minimum absolute atomic E-state index is 0.0568. The molecule has 23 heavy (non-hydrogen) atoms. The molecule has 0 aliphatic rings. The zero-order chi connectivity index (χ0) is 16.4.